The van der Waals surface area contributed by atoms with Gasteiger partial charge in [0.2, 0.25) is 0 Å². The highest BCUT2D eigenvalue weighted by molar-refractivity contribution is 5.98. The Kier molecular flexibility index (Phi) is 5.25. The maximum Gasteiger partial charge on any atom is 0.337 e. The fraction of sp³-hybridized carbons (Fsp3) is 0.316. The number of carbonyl (C=O) groups is 3. The summed E-state index contributed by atoms with van der Waals surface area (Å²) in [5, 5.41) is 10.9. The second-order valence-electron chi connectivity index (χ2n) is 6.17. The van der Waals surface area contributed by atoms with E-state index >= 15 is 0 Å². The number of hydrogen-bond acceptors (Lipinski definition) is 8. The minimum absolute atomic E-state index is 0.103. The van der Waals surface area contributed by atoms with Crippen LogP contribution in [0.25, 0.3) is 0 Å². The maximum atomic E-state index is 12.6. The van der Waals surface area contributed by atoms with Crippen LogP contribution in [0.3, 0.4) is 0 Å². The van der Waals surface area contributed by atoms with Crippen molar-refractivity contribution < 1.29 is 33.5 Å². The van der Waals surface area contributed by atoms with E-state index in [1.165, 1.54) is 43.5 Å². The fourth-order valence-electron chi connectivity index (χ4n) is 3.32. The van der Waals surface area contributed by atoms with Gasteiger partial charge in [-0.05, 0) is 12.5 Å². The zero-order valence-electron chi connectivity index (χ0n) is 15.1. The van der Waals surface area contributed by atoms with Crippen molar-refractivity contribution in [2.75, 3.05) is 13.7 Å². The molecule has 0 aromatic heterocycles. The van der Waals surface area contributed by atoms with Crippen LogP contribution in [-0.2, 0) is 28.6 Å². The SMILES string of the molecule is CCOC(=O)C1=C[C@H]2C=C(C(=O)OC)[C@H](OC2=O)[C@@H]1c1ccc([N+](=O)[O-])cc1. The Hall–Kier alpha value is -3.49. The molecule has 3 aliphatic rings. The predicted octanol–water partition coefficient (Wildman–Crippen LogP) is 1.82. The molecule has 0 radical (unpaired) electrons. The number of nitro groups is 1. The smallest absolute Gasteiger partial charge is 0.337 e. The summed E-state index contributed by atoms with van der Waals surface area (Å²) < 4.78 is 15.3. The number of fused-ring (bicyclic) bond motifs is 2. The summed E-state index contributed by atoms with van der Waals surface area (Å²) in [7, 11) is 1.20. The lowest BCUT2D eigenvalue weighted by molar-refractivity contribution is -0.384. The molecule has 9 heteroatoms. The van der Waals surface area contributed by atoms with Crippen molar-refractivity contribution >= 4 is 23.6 Å². The summed E-state index contributed by atoms with van der Waals surface area (Å²) in [6, 6.07) is 5.46. The highest BCUT2D eigenvalue weighted by Crippen LogP contribution is 2.42. The van der Waals surface area contributed by atoms with Gasteiger partial charge in [-0.1, -0.05) is 24.3 Å². The second kappa shape index (κ2) is 7.63. The lowest BCUT2D eigenvalue weighted by atomic mass is 9.83. The Labute approximate surface area is 159 Å². The third-order valence-corrected chi connectivity index (χ3v) is 4.57. The number of rotatable bonds is 5. The molecule has 0 N–H and O–H groups in total. The van der Waals surface area contributed by atoms with Crippen molar-refractivity contribution in [3.63, 3.8) is 0 Å². The van der Waals surface area contributed by atoms with Gasteiger partial charge in [0.15, 0.2) is 0 Å². The van der Waals surface area contributed by atoms with E-state index in [1.807, 2.05) is 0 Å². The summed E-state index contributed by atoms with van der Waals surface area (Å²) in [6.45, 7) is 1.76. The van der Waals surface area contributed by atoms with Crippen LogP contribution in [0.2, 0.25) is 0 Å². The maximum absolute atomic E-state index is 12.6. The summed E-state index contributed by atoms with van der Waals surface area (Å²) in [5.41, 5.74) is 0.571. The van der Waals surface area contributed by atoms with Gasteiger partial charge in [0.25, 0.3) is 5.69 Å². The summed E-state index contributed by atoms with van der Waals surface area (Å²) in [6.07, 6.45) is 1.70. The Balaban J connectivity index is 2.14. The van der Waals surface area contributed by atoms with Gasteiger partial charge in [-0.2, -0.15) is 0 Å². The van der Waals surface area contributed by atoms with Crippen LogP contribution in [0.4, 0.5) is 5.69 Å². The molecule has 1 aliphatic carbocycles. The monoisotopic (exact) mass is 387 g/mol. The fourth-order valence-corrected chi connectivity index (χ4v) is 3.32. The minimum atomic E-state index is -1.11. The predicted molar refractivity (Wildman–Crippen MR) is 94.0 cm³/mol. The van der Waals surface area contributed by atoms with Gasteiger partial charge in [-0.25, -0.2) is 9.59 Å². The molecule has 9 nitrogen and oxygen atoms in total. The Bertz CT molecular complexity index is 899. The van der Waals surface area contributed by atoms with Crippen molar-refractivity contribution in [1.82, 2.24) is 0 Å². The summed E-state index contributed by atoms with van der Waals surface area (Å²) in [5.74, 6) is -3.76. The normalized spacial score (nSPS) is 23.1. The molecular weight excluding hydrogens is 370 g/mol. The van der Waals surface area contributed by atoms with Crippen LogP contribution in [0.5, 0.6) is 0 Å². The van der Waals surface area contributed by atoms with Crippen molar-refractivity contribution in [2.45, 2.75) is 18.9 Å². The highest BCUT2D eigenvalue weighted by atomic mass is 16.6. The van der Waals surface area contributed by atoms with E-state index in [0.29, 0.717) is 5.56 Å². The van der Waals surface area contributed by atoms with Crippen LogP contribution in [0.1, 0.15) is 18.4 Å². The second-order valence-corrected chi connectivity index (χ2v) is 6.17. The van der Waals surface area contributed by atoms with Crippen LogP contribution in [0.15, 0.2) is 47.6 Å². The first-order chi connectivity index (χ1) is 13.4. The highest BCUT2D eigenvalue weighted by Gasteiger charge is 2.46. The average molecular weight is 387 g/mol. The van der Waals surface area contributed by atoms with Crippen molar-refractivity contribution in [2.24, 2.45) is 5.92 Å². The Morgan fingerprint density at radius 3 is 2.36 bits per heavy atom. The van der Waals surface area contributed by atoms with E-state index in [2.05, 4.69) is 0 Å². The van der Waals surface area contributed by atoms with Gasteiger partial charge < -0.3 is 14.2 Å². The first kappa shape index (κ1) is 19.3. The molecule has 1 aromatic rings. The van der Waals surface area contributed by atoms with E-state index in [-0.39, 0.29) is 23.4 Å². The van der Waals surface area contributed by atoms with Crippen LogP contribution >= 0.6 is 0 Å². The number of non-ortho nitro benzene ring substituents is 1. The van der Waals surface area contributed by atoms with Crippen molar-refractivity contribution in [3.8, 4) is 0 Å². The van der Waals surface area contributed by atoms with Gasteiger partial charge in [-0.15, -0.1) is 0 Å². The number of nitrogens with zero attached hydrogens (tertiary/aromatic N) is 1. The summed E-state index contributed by atoms with van der Waals surface area (Å²) in [4.78, 5) is 47.5. The standard InChI is InChI=1S/C19H17NO8/c1-3-27-19(23)13-8-11-9-14(18(22)26-2)16(28-17(11)21)15(13)10-4-6-12(7-5-10)20(24)25/h4-9,11,15-16H,3H2,1-2H3/t11-,15+,16-/m0/s1. The molecule has 4 rings (SSSR count). The molecule has 0 amide bonds. The number of benzene rings is 1. The van der Waals surface area contributed by atoms with Gasteiger partial charge in [0, 0.05) is 17.7 Å². The Morgan fingerprint density at radius 2 is 1.79 bits per heavy atom. The largest absolute Gasteiger partial charge is 0.466 e. The molecule has 28 heavy (non-hydrogen) atoms. The lowest BCUT2D eigenvalue weighted by Gasteiger charge is -2.29. The number of nitro benzene ring substituents is 1. The van der Waals surface area contributed by atoms with Crippen molar-refractivity contribution in [3.05, 3.63) is 63.2 Å². The lowest BCUT2D eigenvalue weighted by Crippen LogP contribution is -2.36. The molecule has 0 saturated heterocycles. The van der Waals surface area contributed by atoms with E-state index in [1.54, 1.807) is 6.92 Å². The molecule has 2 aliphatic heterocycles. The molecule has 3 atom stereocenters. The van der Waals surface area contributed by atoms with Crippen LogP contribution in [0, 0.1) is 16.0 Å². The molecule has 0 spiro atoms. The minimum Gasteiger partial charge on any atom is -0.466 e. The first-order valence-electron chi connectivity index (χ1n) is 8.51. The van der Waals surface area contributed by atoms with Gasteiger partial charge in [0.05, 0.1) is 36.0 Å². The number of ether oxygens (including phenoxy) is 3. The molecule has 0 fully saturated rings. The quantitative estimate of drug-likeness (QED) is 0.324. The zero-order valence-corrected chi connectivity index (χ0v) is 15.1. The van der Waals surface area contributed by atoms with E-state index < -0.39 is 40.8 Å². The van der Waals surface area contributed by atoms with Crippen molar-refractivity contribution in [1.29, 1.82) is 0 Å². The summed E-state index contributed by atoms with van der Waals surface area (Å²) >= 11 is 0. The number of methoxy groups -OCH3 is 1. The molecule has 146 valence electrons. The van der Waals surface area contributed by atoms with E-state index in [0.717, 1.165) is 0 Å². The van der Waals surface area contributed by atoms with Gasteiger partial charge in [-0.3, -0.25) is 14.9 Å². The molecular formula is C19H17NO8. The van der Waals surface area contributed by atoms with E-state index in [9.17, 15) is 24.5 Å². The van der Waals surface area contributed by atoms with Crippen LogP contribution in [-0.4, -0.2) is 42.7 Å². The Morgan fingerprint density at radius 1 is 1.14 bits per heavy atom. The number of carbonyl (C=O) groups excluding carboxylic acids is 3. The third kappa shape index (κ3) is 3.38. The molecule has 0 unspecified atom stereocenters. The van der Waals surface area contributed by atoms with Crippen LogP contribution < -0.4 is 0 Å². The zero-order chi connectivity index (χ0) is 20.4. The third-order valence-electron chi connectivity index (χ3n) is 4.57. The molecule has 1 aromatic carbocycles. The van der Waals surface area contributed by atoms with E-state index in [4.69, 9.17) is 14.2 Å². The first-order valence-corrected chi connectivity index (χ1v) is 8.51. The average Bonchev–Trinajstić information content (AvgIpc) is 2.93. The number of hydrogen-bond donors (Lipinski definition) is 0. The van der Waals surface area contributed by atoms with Gasteiger partial charge >= 0.3 is 17.9 Å². The molecule has 2 bridgehead atoms. The topological polar surface area (TPSA) is 122 Å². The van der Waals surface area contributed by atoms with Gasteiger partial charge in [0.1, 0.15) is 6.10 Å². The molecule has 2 heterocycles. The number of esters is 3. The molecule has 0 saturated carbocycles.